The first-order valence-electron chi connectivity index (χ1n) is 5.50. The lowest BCUT2D eigenvalue weighted by molar-refractivity contribution is 0.0151. The van der Waals surface area contributed by atoms with Gasteiger partial charge in [0.05, 0.1) is 26.4 Å². The molecule has 0 aliphatic carbocycles. The van der Waals surface area contributed by atoms with Gasteiger partial charge < -0.3 is 14.2 Å². The molecular weight excluding hydrogens is 180 g/mol. The van der Waals surface area contributed by atoms with E-state index in [0.29, 0.717) is 32.3 Å². The molecule has 86 valence electrons. The normalized spacial score (nSPS) is 11.1. The zero-order valence-corrected chi connectivity index (χ0v) is 9.75. The molecule has 3 heteroatoms. The Balaban J connectivity index is 2.85. The highest BCUT2D eigenvalue weighted by atomic mass is 16.5. The van der Waals surface area contributed by atoms with Gasteiger partial charge in [0, 0.05) is 13.2 Å². The topological polar surface area (TPSA) is 27.7 Å². The van der Waals surface area contributed by atoms with E-state index in [1.54, 1.807) is 0 Å². The molecule has 0 aromatic rings. The van der Waals surface area contributed by atoms with Gasteiger partial charge in [-0.15, -0.1) is 0 Å². The first kappa shape index (κ1) is 13.9. The van der Waals surface area contributed by atoms with E-state index in [9.17, 15) is 0 Å². The van der Waals surface area contributed by atoms with E-state index in [1.165, 1.54) is 0 Å². The zero-order chi connectivity index (χ0) is 10.6. The summed E-state index contributed by atoms with van der Waals surface area (Å²) in [6, 6.07) is 0. The maximum Gasteiger partial charge on any atom is 0.0701 e. The summed E-state index contributed by atoms with van der Waals surface area (Å²) in [5.74, 6) is 0.717. The van der Waals surface area contributed by atoms with Crippen molar-refractivity contribution in [1.29, 1.82) is 0 Å². The Morgan fingerprint density at radius 2 is 1.29 bits per heavy atom. The highest BCUT2D eigenvalue weighted by molar-refractivity contribution is 4.42. The first-order valence-corrected chi connectivity index (χ1v) is 5.50. The van der Waals surface area contributed by atoms with E-state index in [-0.39, 0.29) is 0 Å². The third-order valence-corrected chi connectivity index (χ3v) is 1.79. The van der Waals surface area contributed by atoms with E-state index in [0.717, 1.165) is 19.6 Å². The molecule has 0 fully saturated rings. The Morgan fingerprint density at radius 3 is 1.79 bits per heavy atom. The fourth-order valence-corrected chi connectivity index (χ4v) is 0.903. The molecule has 0 aliphatic rings. The van der Waals surface area contributed by atoms with Gasteiger partial charge in [0.1, 0.15) is 0 Å². The summed E-state index contributed by atoms with van der Waals surface area (Å²) in [7, 11) is 0. The van der Waals surface area contributed by atoms with Crippen molar-refractivity contribution in [3.8, 4) is 0 Å². The van der Waals surface area contributed by atoms with E-state index in [1.807, 2.05) is 6.92 Å². The second-order valence-electron chi connectivity index (χ2n) is 3.60. The van der Waals surface area contributed by atoms with Gasteiger partial charge in [0.15, 0.2) is 0 Å². The molecule has 0 aromatic carbocycles. The molecule has 0 atom stereocenters. The smallest absolute Gasteiger partial charge is 0.0701 e. The van der Waals surface area contributed by atoms with Crippen molar-refractivity contribution in [3.63, 3.8) is 0 Å². The fourth-order valence-electron chi connectivity index (χ4n) is 0.903. The Bertz CT molecular complexity index is 105. The van der Waals surface area contributed by atoms with Crippen LogP contribution in [0.1, 0.15) is 27.2 Å². The molecule has 0 unspecified atom stereocenters. The van der Waals surface area contributed by atoms with E-state index >= 15 is 0 Å². The van der Waals surface area contributed by atoms with Crippen LogP contribution in [0.5, 0.6) is 0 Å². The van der Waals surface area contributed by atoms with Crippen LogP contribution in [-0.2, 0) is 14.2 Å². The second kappa shape index (κ2) is 11.0. The number of hydrogen-bond acceptors (Lipinski definition) is 3. The lowest BCUT2D eigenvalue weighted by atomic mass is 10.1. The third-order valence-electron chi connectivity index (χ3n) is 1.79. The second-order valence-corrected chi connectivity index (χ2v) is 3.60. The quantitative estimate of drug-likeness (QED) is 0.510. The lowest BCUT2D eigenvalue weighted by Gasteiger charge is -2.07. The highest BCUT2D eigenvalue weighted by Crippen LogP contribution is 1.98. The van der Waals surface area contributed by atoms with Gasteiger partial charge in [-0.1, -0.05) is 13.8 Å². The maximum absolute atomic E-state index is 5.39. The van der Waals surface area contributed by atoms with Crippen LogP contribution in [0, 0.1) is 5.92 Å². The molecule has 0 heterocycles. The summed E-state index contributed by atoms with van der Waals surface area (Å²) < 4.78 is 15.8. The Labute approximate surface area is 87.7 Å². The molecule has 0 saturated carbocycles. The highest BCUT2D eigenvalue weighted by Gasteiger charge is 1.94. The van der Waals surface area contributed by atoms with Crippen LogP contribution in [0.25, 0.3) is 0 Å². The third kappa shape index (κ3) is 11.9. The minimum Gasteiger partial charge on any atom is -0.379 e. The molecule has 0 N–H and O–H groups in total. The van der Waals surface area contributed by atoms with E-state index in [2.05, 4.69) is 13.8 Å². The van der Waals surface area contributed by atoms with Crippen LogP contribution in [0.2, 0.25) is 0 Å². The number of ether oxygens (including phenoxy) is 3. The average molecular weight is 204 g/mol. The Kier molecular flexibility index (Phi) is 10.9. The van der Waals surface area contributed by atoms with Gasteiger partial charge in [0.25, 0.3) is 0 Å². The van der Waals surface area contributed by atoms with Crippen LogP contribution in [-0.4, -0.2) is 39.6 Å². The largest absolute Gasteiger partial charge is 0.379 e. The van der Waals surface area contributed by atoms with Gasteiger partial charge in [0.2, 0.25) is 0 Å². The van der Waals surface area contributed by atoms with Crippen LogP contribution in [0.4, 0.5) is 0 Å². The molecule has 0 amide bonds. The molecule has 0 saturated heterocycles. The number of rotatable bonds is 10. The molecule has 0 rings (SSSR count). The molecule has 14 heavy (non-hydrogen) atoms. The predicted octanol–water partition coefficient (Wildman–Crippen LogP) is 2.10. The van der Waals surface area contributed by atoms with E-state index in [4.69, 9.17) is 14.2 Å². The van der Waals surface area contributed by atoms with Crippen LogP contribution < -0.4 is 0 Å². The summed E-state index contributed by atoms with van der Waals surface area (Å²) in [4.78, 5) is 0. The SMILES string of the molecule is CCOCCOCCOCCC(C)C. The van der Waals surface area contributed by atoms with Gasteiger partial charge in [-0.25, -0.2) is 0 Å². The Hall–Kier alpha value is -0.120. The molecule has 3 nitrogen and oxygen atoms in total. The minimum atomic E-state index is 0.668. The summed E-state index contributed by atoms with van der Waals surface area (Å²) in [5, 5.41) is 0. The first-order chi connectivity index (χ1) is 6.77. The zero-order valence-electron chi connectivity index (χ0n) is 9.75. The monoisotopic (exact) mass is 204 g/mol. The molecule has 0 bridgehead atoms. The van der Waals surface area contributed by atoms with Crippen molar-refractivity contribution in [3.05, 3.63) is 0 Å². The van der Waals surface area contributed by atoms with Crippen molar-refractivity contribution >= 4 is 0 Å². The van der Waals surface area contributed by atoms with Crippen molar-refractivity contribution in [2.45, 2.75) is 27.2 Å². The van der Waals surface area contributed by atoms with Crippen molar-refractivity contribution in [1.82, 2.24) is 0 Å². The van der Waals surface area contributed by atoms with Gasteiger partial charge in [-0.2, -0.15) is 0 Å². The molecular formula is C11H24O3. The van der Waals surface area contributed by atoms with Crippen LogP contribution >= 0.6 is 0 Å². The summed E-state index contributed by atoms with van der Waals surface area (Å²) in [6.45, 7) is 10.7. The molecule has 0 radical (unpaired) electrons. The summed E-state index contributed by atoms with van der Waals surface area (Å²) >= 11 is 0. The van der Waals surface area contributed by atoms with Crippen molar-refractivity contribution < 1.29 is 14.2 Å². The van der Waals surface area contributed by atoms with Crippen LogP contribution in [0.15, 0.2) is 0 Å². The predicted molar refractivity (Wildman–Crippen MR) is 57.6 cm³/mol. The average Bonchev–Trinajstić information content (AvgIpc) is 2.15. The molecule has 0 aromatic heterocycles. The summed E-state index contributed by atoms with van der Waals surface area (Å²) in [5.41, 5.74) is 0. The van der Waals surface area contributed by atoms with E-state index < -0.39 is 0 Å². The van der Waals surface area contributed by atoms with Gasteiger partial charge >= 0.3 is 0 Å². The molecule has 0 spiro atoms. The van der Waals surface area contributed by atoms with Crippen molar-refractivity contribution in [2.24, 2.45) is 5.92 Å². The van der Waals surface area contributed by atoms with Gasteiger partial charge in [-0.3, -0.25) is 0 Å². The number of hydrogen-bond donors (Lipinski definition) is 0. The fraction of sp³-hybridized carbons (Fsp3) is 1.00. The Morgan fingerprint density at radius 1 is 0.786 bits per heavy atom. The van der Waals surface area contributed by atoms with Gasteiger partial charge in [-0.05, 0) is 19.3 Å². The van der Waals surface area contributed by atoms with Crippen molar-refractivity contribution in [2.75, 3.05) is 39.6 Å². The summed E-state index contributed by atoms with van der Waals surface area (Å²) in [6.07, 6.45) is 1.12. The maximum atomic E-state index is 5.39. The lowest BCUT2D eigenvalue weighted by Crippen LogP contribution is -2.10. The molecule has 0 aliphatic heterocycles. The standard InChI is InChI=1S/C11H24O3/c1-4-12-7-8-14-10-9-13-6-5-11(2)3/h11H,4-10H2,1-3H3. The van der Waals surface area contributed by atoms with Crippen LogP contribution in [0.3, 0.4) is 0 Å². The minimum absolute atomic E-state index is 0.668.